The van der Waals surface area contributed by atoms with E-state index in [2.05, 4.69) is 30.9 Å². The van der Waals surface area contributed by atoms with Crippen molar-refractivity contribution in [3.8, 4) is 11.5 Å². The topological polar surface area (TPSA) is 208 Å². The van der Waals surface area contributed by atoms with Crippen molar-refractivity contribution < 1.29 is 38.6 Å². The highest BCUT2D eigenvalue weighted by molar-refractivity contribution is 6.01. The molecule has 3 heterocycles. The normalized spacial score (nSPS) is 16.5. The Bertz CT molecular complexity index is 1670. The third kappa shape index (κ3) is 9.56. The van der Waals surface area contributed by atoms with Gasteiger partial charge >= 0.3 is 0 Å². The molecule has 248 valence electrons. The molecule has 0 radical (unpaired) electrons. The number of nitrogens with one attached hydrogen (secondary N) is 5. The summed E-state index contributed by atoms with van der Waals surface area (Å²) in [5.74, 6) is -0.372. The smallest absolute Gasteiger partial charge is 0.290 e. The zero-order valence-electron chi connectivity index (χ0n) is 25.8. The van der Waals surface area contributed by atoms with Crippen LogP contribution in [0.2, 0.25) is 0 Å². The maximum atomic E-state index is 13.6. The Labute approximate surface area is 270 Å². The van der Waals surface area contributed by atoms with Gasteiger partial charge in [0.2, 0.25) is 11.8 Å². The first kappa shape index (κ1) is 34.0. The molecule has 1 aliphatic rings. The quantitative estimate of drug-likeness (QED) is 0.177. The van der Waals surface area contributed by atoms with Crippen molar-refractivity contribution in [3.05, 3.63) is 78.0 Å². The Morgan fingerprint density at radius 1 is 1.11 bits per heavy atom. The van der Waals surface area contributed by atoms with Crippen LogP contribution < -0.4 is 25.4 Å². The van der Waals surface area contributed by atoms with Gasteiger partial charge in [-0.05, 0) is 49.2 Å². The molecular formula is C32H37N7O8. The number of methoxy groups -OCH3 is 1. The van der Waals surface area contributed by atoms with Crippen LogP contribution >= 0.6 is 0 Å². The molecule has 4 amide bonds. The lowest BCUT2D eigenvalue weighted by molar-refractivity contribution is -0.123. The van der Waals surface area contributed by atoms with E-state index < -0.39 is 11.9 Å². The minimum absolute atomic E-state index is 0.150. The minimum atomic E-state index is -0.853. The van der Waals surface area contributed by atoms with Crippen LogP contribution in [0.1, 0.15) is 39.4 Å². The van der Waals surface area contributed by atoms with E-state index in [9.17, 15) is 19.2 Å². The number of fused-ring (bicyclic) bond motifs is 3. The Morgan fingerprint density at radius 3 is 2.68 bits per heavy atom. The third-order valence-corrected chi connectivity index (χ3v) is 7.24. The van der Waals surface area contributed by atoms with Gasteiger partial charge in [0.25, 0.3) is 18.3 Å². The molecule has 5 rings (SSSR count). The standard InChI is InChI=1S/C31H35N7O6.CH2O2/c1-43-27-9-5-8-24-23(27)16-26(36-24)31(42)38-12-3-2-10-34-30(41)25(15-21-17-32-19-35-21)37-29(40)20-6-4-7-22(14-20)44-13-11-33-28(39)18-38;2-1-3/h4-9,14,16-17,19,25,36H,2-3,10-13,15,18H2,1H3,(H,32,35)(H,33,39)(H,34,41)(H,37,40);1H,(H,2,3). The van der Waals surface area contributed by atoms with E-state index in [1.54, 1.807) is 43.6 Å². The van der Waals surface area contributed by atoms with Gasteiger partial charge < -0.3 is 45.4 Å². The molecule has 15 nitrogen and oxygen atoms in total. The van der Waals surface area contributed by atoms with Crippen LogP contribution in [0.15, 0.2) is 61.1 Å². The summed E-state index contributed by atoms with van der Waals surface area (Å²) in [4.78, 5) is 72.6. The van der Waals surface area contributed by atoms with Crippen LogP contribution in [0.5, 0.6) is 11.5 Å². The summed E-state index contributed by atoms with van der Waals surface area (Å²) in [6.45, 7) is 0.543. The monoisotopic (exact) mass is 647 g/mol. The number of carbonyl (C=O) groups excluding carboxylic acids is 4. The summed E-state index contributed by atoms with van der Waals surface area (Å²) in [6.07, 6.45) is 4.40. The Morgan fingerprint density at radius 2 is 1.91 bits per heavy atom. The molecule has 0 fully saturated rings. The van der Waals surface area contributed by atoms with Crippen LogP contribution in [0.3, 0.4) is 0 Å². The zero-order valence-corrected chi connectivity index (χ0v) is 25.8. The number of rotatable bonds is 4. The molecule has 2 bridgehead atoms. The van der Waals surface area contributed by atoms with E-state index in [0.29, 0.717) is 47.8 Å². The number of nitrogens with zero attached hydrogens (tertiary/aromatic N) is 2. The summed E-state index contributed by atoms with van der Waals surface area (Å²) in [7, 11) is 1.57. The lowest BCUT2D eigenvalue weighted by atomic mass is 10.1. The molecule has 15 heteroatoms. The summed E-state index contributed by atoms with van der Waals surface area (Å²) in [5, 5.41) is 16.2. The fourth-order valence-electron chi connectivity index (χ4n) is 4.99. The first-order valence-corrected chi connectivity index (χ1v) is 14.9. The number of carbonyl (C=O) groups is 5. The Kier molecular flexibility index (Phi) is 12.3. The number of carboxylic acid groups (broad SMARTS) is 1. The average Bonchev–Trinajstić information content (AvgIpc) is 3.75. The van der Waals surface area contributed by atoms with Gasteiger partial charge in [0.05, 0.1) is 26.5 Å². The number of hydrogen-bond acceptors (Lipinski definition) is 8. The molecule has 0 aliphatic carbocycles. The molecule has 6 N–H and O–H groups in total. The highest BCUT2D eigenvalue weighted by Crippen LogP contribution is 2.26. The van der Waals surface area contributed by atoms with Gasteiger partial charge in [-0.1, -0.05) is 12.1 Å². The van der Waals surface area contributed by atoms with Crippen molar-refractivity contribution in [2.45, 2.75) is 25.3 Å². The molecule has 4 aromatic rings. The Hall–Kier alpha value is -5.86. The van der Waals surface area contributed by atoms with Gasteiger partial charge in [-0.2, -0.15) is 0 Å². The van der Waals surface area contributed by atoms with Gasteiger partial charge in [0.15, 0.2) is 0 Å². The van der Waals surface area contributed by atoms with Gasteiger partial charge in [-0.3, -0.25) is 24.0 Å². The van der Waals surface area contributed by atoms with Crippen molar-refractivity contribution in [3.63, 3.8) is 0 Å². The summed E-state index contributed by atoms with van der Waals surface area (Å²) in [5.41, 5.74) is 2.11. The number of ether oxygens (including phenoxy) is 2. The van der Waals surface area contributed by atoms with E-state index in [4.69, 9.17) is 19.4 Å². The predicted molar refractivity (Wildman–Crippen MR) is 170 cm³/mol. The number of aromatic nitrogens is 3. The first-order chi connectivity index (χ1) is 22.8. The van der Waals surface area contributed by atoms with Crippen LogP contribution in [-0.4, -0.2) is 101 Å². The van der Waals surface area contributed by atoms with Gasteiger partial charge in [0, 0.05) is 47.9 Å². The van der Waals surface area contributed by atoms with E-state index in [-0.39, 0.29) is 56.9 Å². The van der Waals surface area contributed by atoms with Crippen LogP contribution in [0, 0.1) is 0 Å². The second-order valence-electron chi connectivity index (χ2n) is 10.5. The number of amides is 4. The van der Waals surface area contributed by atoms with Gasteiger partial charge in [-0.25, -0.2) is 4.98 Å². The fraction of sp³-hybridized carbons (Fsp3) is 0.312. The minimum Gasteiger partial charge on any atom is -0.496 e. The van der Waals surface area contributed by atoms with Gasteiger partial charge in [-0.15, -0.1) is 0 Å². The molecule has 1 unspecified atom stereocenters. The molecule has 0 spiro atoms. The highest BCUT2D eigenvalue weighted by Gasteiger charge is 2.24. The Balaban J connectivity index is 0.00000160. The molecule has 2 aromatic heterocycles. The summed E-state index contributed by atoms with van der Waals surface area (Å²) < 4.78 is 11.2. The first-order valence-electron chi connectivity index (χ1n) is 14.9. The second kappa shape index (κ2) is 17.0. The average molecular weight is 648 g/mol. The predicted octanol–water partition coefficient (Wildman–Crippen LogP) is 1.49. The van der Waals surface area contributed by atoms with Crippen molar-refractivity contribution >= 4 is 41.0 Å². The van der Waals surface area contributed by atoms with Crippen molar-refractivity contribution in [2.24, 2.45) is 0 Å². The summed E-state index contributed by atoms with van der Waals surface area (Å²) >= 11 is 0. The maximum absolute atomic E-state index is 13.6. The molecule has 47 heavy (non-hydrogen) atoms. The largest absolute Gasteiger partial charge is 0.496 e. The maximum Gasteiger partial charge on any atom is 0.290 e. The van der Waals surface area contributed by atoms with E-state index in [0.717, 1.165) is 10.9 Å². The van der Waals surface area contributed by atoms with Crippen LogP contribution in [0.25, 0.3) is 10.9 Å². The van der Waals surface area contributed by atoms with E-state index in [1.165, 1.54) is 11.2 Å². The van der Waals surface area contributed by atoms with Crippen LogP contribution in [-0.2, 0) is 20.8 Å². The van der Waals surface area contributed by atoms with Crippen molar-refractivity contribution in [2.75, 3.05) is 39.9 Å². The van der Waals surface area contributed by atoms with E-state index >= 15 is 0 Å². The SMILES string of the molecule is COc1cccc2[nH]c(C(=O)N3CCCCNC(=O)C(Cc4cnc[nH]4)NC(=O)c4cccc(c4)OCCNC(=O)C3)cc12.O=CO. The molecular weight excluding hydrogens is 610 g/mol. The highest BCUT2D eigenvalue weighted by atomic mass is 16.5. The number of aromatic amines is 2. The number of benzene rings is 2. The van der Waals surface area contributed by atoms with Crippen molar-refractivity contribution in [1.82, 2.24) is 35.8 Å². The third-order valence-electron chi connectivity index (χ3n) is 7.24. The van der Waals surface area contributed by atoms with E-state index in [1.807, 2.05) is 18.2 Å². The number of H-pyrrole nitrogens is 2. The molecule has 1 aliphatic heterocycles. The molecule has 1 atom stereocenters. The summed E-state index contributed by atoms with van der Waals surface area (Å²) in [6, 6.07) is 12.9. The molecule has 0 saturated carbocycles. The molecule has 0 saturated heterocycles. The number of imidazole rings is 1. The number of hydrogen-bond donors (Lipinski definition) is 6. The molecule has 2 aromatic carbocycles. The second-order valence-corrected chi connectivity index (χ2v) is 10.5. The van der Waals surface area contributed by atoms with Gasteiger partial charge in [0.1, 0.15) is 29.8 Å². The van der Waals surface area contributed by atoms with Crippen LogP contribution in [0.4, 0.5) is 0 Å². The lowest BCUT2D eigenvalue weighted by Crippen LogP contribution is -2.48. The fourth-order valence-corrected chi connectivity index (χ4v) is 4.99. The zero-order chi connectivity index (χ0) is 33.6. The van der Waals surface area contributed by atoms with Crippen molar-refractivity contribution in [1.29, 1.82) is 0 Å². The lowest BCUT2D eigenvalue weighted by Gasteiger charge is -2.22.